The van der Waals surface area contributed by atoms with Crippen LogP contribution >= 0.6 is 39.0 Å². The van der Waals surface area contributed by atoms with Crippen LogP contribution in [0.3, 0.4) is 0 Å². The average molecular weight is 651 g/mol. The van der Waals surface area contributed by atoms with Gasteiger partial charge in [0.25, 0.3) is 0 Å². The second-order valence-electron chi connectivity index (χ2n) is 9.81. The number of fused-ring (bicyclic) bond motifs is 2. The van der Waals surface area contributed by atoms with Crippen molar-refractivity contribution in [3.8, 4) is 5.75 Å². The maximum Gasteiger partial charge on any atom is 0.308 e. The summed E-state index contributed by atoms with van der Waals surface area (Å²) in [6, 6.07) is 21.7. The molecule has 3 aromatic carbocycles. The quantitative estimate of drug-likeness (QED) is 0.280. The Balaban J connectivity index is 1.43. The van der Waals surface area contributed by atoms with Gasteiger partial charge in [0.05, 0.1) is 23.7 Å². The zero-order valence-corrected chi connectivity index (χ0v) is 25.2. The third kappa shape index (κ3) is 4.92. The van der Waals surface area contributed by atoms with Crippen molar-refractivity contribution in [1.29, 1.82) is 0 Å². The summed E-state index contributed by atoms with van der Waals surface area (Å²) < 4.78 is 7.90. The number of halogens is 1. The van der Waals surface area contributed by atoms with Gasteiger partial charge >= 0.3 is 4.87 Å². The molecule has 3 amide bonds. The van der Waals surface area contributed by atoms with Gasteiger partial charge < -0.3 is 10.1 Å². The SMILES string of the molecule is COc1ccccc1[C@H]1c2sc(=O)n(CC(=O)Nc3ccc(C)cc3)c2SC2C(=O)N(c3ccc(Br)cc3)C(=O)C21. The molecule has 208 valence electrons. The van der Waals surface area contributed by atoms with Crippen molar-refractivity contribution in [2.75, 3.05) is 17.3 Å². The van der Waals surface area contributed by atoms with Crippen molar-refractivity contribution in [2.45, 2.75) is 29.7 Å². The lowest BCUT2D eigenvalue weighted by Crippen LogP contribution is -2.33. The third-order valence-electron chi connectivity index (χ3n) is 7.25. The average Bonchev–Trinajstić information content (AvgIpc) is 3.41. The Kier molecular flexibility index (Phi) is 7.35. The third-order valence-corrected chi connectivity index (χ3v) is 10.4. The van der Waals surface area contributed by atoms with Crippen molar-refractivity contribution in [2.24, 2.45) is 5.92 Å². The molecule has 0 bridgehead atoms. The fraction of sp³-hybridized carbons (Fsp3) is 0.200. The van der Waals surface area contributed by atoms with E-state index in [4.69, 9.17) is 4.74 Å². The van der Waals surface area contributed by atoms with E-state index in [1.165, 1.54) is 21.2 Å². The number of nitrogens with zero attached hydrogens (tertiary/aromatic N) is 2. The molecule has 0 aliphatic carbocycles. The molecule has 2 unspecified atom stereocenters. The number of anilines is 2. The number of thiazole rings is 1. The fourth-order valence-corrected chi connectivity index (χ4v) is 8.37. The Morgan fingerprint density at radius 2 is 1.68 bits per heavy atom. The second kappa shape index (κ2) is 11.0. The molecule has 6 rings (SSSR count). The smallest absolute Gasteiger partial charge is 0.308 e. The van der Waals surface area contributed by atoms with Crippen molar-refractivity contribution in [3.63, 3.8) is 0 Å². The molecule has 0 saturated carbocycles. The zero-order chi connectivity index (χ0) is 28.8. The molecular weight excluding hydrogens is 626 g/mol. The Labute approximate surface area is 252 Å². The van der Waals surface area contributed by atoms with E-state index in [-0.39, 0.29) is 29.1 Å². The predicted octanol–water partition coefficient (Wildman–Crippen LogP) is 5.42. The van der Waals surface area contributed by atoms with E-state index in [2.05, 4.69) is 21.2 Å². The normalized spacial score (nSPS) is 19.6. The first-order chi connectivity index (χ1) is 19.8. The van der Waals surface area contributed by atoms with Crippen LogP contribution in [0.25, 0.3) is 0 Å². The van der Waals surface area contributed by atoms with Crippen molar-refractivity contribution >= 4 is 68.1 Å². The van der Waals surface area contributed by atoms with Gasteiger partial charge in [-0.1, -0.05) is 74.9 Å². The molecule has 0 radical (unpaired) electrons. The summed E-state index contributed by atoms with van der Waals surface area (Å²) in [6.45, 7) is 1.73. The van der Waals surface area contributed by atoms with Gasteiger partial charge in [0.15, 0.2) is 0 Å². The number of imide groups is 1. The van der Waals surface area contributed by atoms with E-state index in [0.717, 1.165) is 21.4 Å². The van der Waals surface area contributed by atoms with Crippen LogP contribution in [0.15, 0.2) is 87.1 Å². The molecular formula is C30H24BrN3O5S2. The number of para-hydroxylation sites is 1. The summed E-state index contributed by atoms with van der Waals surface area (Å²) in [5, 5.41) is 2.58. The maximum atomic E-state index is 14.0. The molecule has 3 heterocycles. The molecule has 0 spiro atoms. The van der Waals surface area contributed by atoms with Crippen LogP contribution in [-0.2, 0) is 20.9 Å². The number of aryl methyl sites for hydroxylation is 1. The summed E-state index contributed by atoms with van der Waals surface area (Å²) in [6.07, 6.45) is 0. The summed E-state index contributed by atoms with van der Waals surface area (Å²) in [7, 11) is 1.55. The van der Waals surface area contributed by atoms with E-state index >= 15 is 0 Å². The number of carbonyl (C=O) groups excluding carboxylic acids is 3. The van der Waals surface area contributed by atoms with Crippen LogP contribution < -0.4 is 19.8 Å². The first kappa shape index (κ1) is 27.5. The van der Waals surface area contributed by atoms with Crippen LogP contribution in [0, 0.1) is 12.8 Å². The molecule has 4 aromatic rings. The number of benzene rings is 3. The lowest BCUT2D eigenvalue weighted by atomic mass is 9.82. The Morgan fingerprint density at radius 3 is 2.39 bits per heavy atom. The maximum absolute atomic E-state index is 14.0. The number of hydrogen-bond donors (Lipinski definition) is 1. The number of amides is 3. The minimum atomic E-state index is -0.783. The summed E-state index contributed by atoms with van der Waals surface area (Å²) in [5.41, 5.74) is 2.88. The highest BCUT2D eigenvalue weighted by Crippen LogP contribution is 2.55. The lowest BCUT2D eigenvalue weighted by Gasteiger charge is -2.31. The van der Waals surface area contributed by atoms with E-state index in [1.54, 1.807) is 49.6 Å². The van der Waals surface area contributed by atoms with Crippen LogP contribution in [0.5, 0.6) is 5.75 Å². The number of ether oxygens (including phenoxy) is 1. The number of aromatic nitrogens is 1. The monoisotopic (exact) mass is 649 g/mol. The zero-order valence-electron chi connectivity index (χ0n) is 22.0. The predicted molar refractivity (Wildman–Crippen MR) is 163 cm³/mol. The number of nitrogens with one attached hydrogen (secondary N) is 1. The van der Waals surface area contributed by atoms with Gasteiger partial charge in [-0.05, 0) is 49.4 Å². The standard InChI is InChI=1S/C30H24BrN3O5S2/c1-16-7-11-18(12-8-16)32-22(35)15-33-29-26(41-30(33)38)23(20-5-3-4-6-21(20)39-2)24-25(40-29)28(37)34(27(24)36)19-13-9-17(31)10-14-19/h3-14,23-25H,15H2,1-2H3,(H,32,35)/t23-,24?,25?/m1/s1. The Bertz CT molecular complexity index is 1730. The van der Waals surface area contributed by atoms with Crippen LogP contribution in [0.4, 0.5) is 11.4 Å². The van der Waals surface area contributed by atoms with Gasteiger partial charge in [0.2, 0.25) is 17.7 Å². The van der Waals surface area contributed by atoms with Gasteiger partial charge in [-0.2, -0.15) is 0 Å². The van der Waals surface area contributed by atoms with Crippen molar-refractivity contribution in [3.05, 3.63) is 103 Å². The first-order valence-corrected chi connectivity index (χ1v) is 15.3. The largest absolute Gasteiger partial charge is 0.496 e. The number of thioether (sulfide) groups is 1. The topological polar surface area (TPSA) is 97.7 Å². The van der Waals surface area contributed by atoms with E-state index in [1.807, 2.05) is 37.3 Å². The van der Waals surface area contributed by atoms with Gasteiger partial charge in [0.1, 0.15) is 17.5 Å². The van der Waals surface area contributed by atoms with Gasteiger partial charge in [-0.25, -0.2) is 4.90 Å². The molecule has 11 heteroatoms. The van der Waals surface area contributed by atoms with Crippen molar-refractivity contribution < 1.29 is 19.1 Å². The highest BCUT2D eigenvalue weighted by Gasteiger charge is 2.57. The minimum Gasteiger partial charge on any atom is -0.496 e. The minimum absolute atomic E-state index is 0.222. The number of rotatable bonds is 6. The van der Waals surface area contributed by atoms with E-state index in [0.29, 0.717) is 32.6 Å². The number of hydrogen-bond acceptors (Lipinski definition) is 7. The summed E-state index contributed by atoms with van der Waals surface area (Å²) in [4.78, 5) is 55.8. The molecule has 1 N–H and O–H groups in total. The van der Waals surface area contributed by atoms with E-state index < -0.39 is 17.1 Å². The van der Waals surface area contributed by atoms with Gasteiger partial charge in [0, 0.05) is 26.5 Å². The van der Waals surface area contributed by atoms with Crippen LogP contribution in [-0.4, -0.2) is 34.6 Å². The number of carbonyl (C=O) groups is 3. The molecule has 2 aliphatic rings. The van der Waals surface area contributed by atoms with Crippen molar-refractivity contribution in [1.82, 2.24) is 4.57 Å². The Hall–Kier alpha value is -3.67. The lowest BCUT2D eigenvalue weighted by molar-refractivity contribution is -0.122. The molecule has 1 aromatic heterocycles. The molecule has 1 saturated heterocycles. The van der Waals surface area contributed by atoms with Gasteiger partial charge in [-0.3, -0.25) is 23.7 Å². The van der Waals surface area contributed by atoms with E-state index in [9.17, 15) is 19.2 Å². The highest BCUT2D eigenvalue weighted by atomic mass is 79.9. The summed E-state index contributed by atoms with van der Waals surface area (Å²) >= 11 is 5.59. The number of methoxy groups -OCH3 is 1. The first-order valence-electron chi connectivity index (χ1n) is 12.8. The molecule has 1 fully saturated rings. The molecule has 8 nitrogen and oxygen atoms in total. The second-order valence-corrected chi connectivity index (χ2v) is 12.8. The van der Waals surface area contributed by atoms with Gasteiger partial charge in [-0.15, -0.1) is 0 Å². The highest BCUT2D eigenvalue weighted by molar-refractivity contribution is 9.10. The summed E-state index contributed by atoms with van der Waals surface area (Å²) in [5.74, 6) is -1.86. The molecule has 3 atom stereocenters. The molecule has 2 aliphatic heterocycles. The molecule has 41 heavy (non-hydrogen) atoms. The van der Waals surface area contributed by atoms with Crippen LogP contribution in [0.1, 0.15) is 21.9 Å². The fourth-order valence-electron chi connectivity index (χ4n) is 5.34. The van der Waals surface area contributed by atoms with Crippen LogP contribution in [0.2, 0.25) is 0 Å². The Morgan fingerprint density at radius 1 is 0.976 bits per heavy atom.